The monoisotopic (exact) mass is 521 g/mol. The van der Waals surface area contributed by atoms with E-state index in [0.29, 0.717) is 12.1 Å². The lowest BCUT2D eigenvalue weighted by Crippen LogP contribution is -2.54. The summed E-state index contributed by atoms with van der Waals surface area (Å²) in [4.78, 5) is 22.6. The molecule has 200 valence electrons. The van der Waals surface area contributed by atoms with E-state index < -0.39 is 0 Å². The van der Waals surface area contributed by atoms with Crippen molar-refractivity contribution in [2.24, 2.45) is 7.05 Å². The zero-order chi connectivity index (χ0) is 27.5. The molecule has 0 saturated carbocycles. The number of nitriles is 2. The van der Waals surface area contributed by atoms with Crippen LogP contribution < -0.4 is 9.80 Å². The molecule has 2 saturated heterocycles. The van der Waals surface area contributed by atoms with Crippen molar-refractivity contribution in [3.05, 3.63) is 82.7 Å². The lowest BCUT2D eigenvalue weighted by molar-refractivity contribution is 0.0664. The Balaban J connectivity index is 1.22. The second kappa shape index (κ2) is 11.2. The van der Waals surface area contributed by atoms with Gasteiger partial charge in [0.25, 0.3) is 5.91 Å². The molecule has 0 unspecified atom stereocenters. The van der Waals surface area contributed by atoms with E-state index >= 15 is 0 Å². The summed E-state index contributed by atoms with van der Waals surface area (Å²) in [6.07, 6.45) is 0. The first kappa shape index (κ1) is 26.3. The van der Waals surface area contributed by atoms with Crippen LogP contribution >= 0.6 is 0 Å². The molecule has 2 aliphatic rings. The van der Waals surface area contributed by atoms with Crippen LogP contribution in [0.2, 0.25) is 0 Å². The zero-order valence-corrected chi connectivity index (χ0v) is 23.0. The number of benzene rings is 2. The summed E-state index contributed by atoms with van der Waals surface area (Å²) < 4.78 is 2.03. The maximum absolute atomic E-state index is 13.7. The molecule has 0 spiro atoms. The fourth-order valence-electron chi connectivity index (χ4n) is 5.77. The summed E-state index contributed by atoms with van der Waals surface area (Å²) in [5.41, 5.74) is 6.45. The number of para-hydroxylation sites is 1. The molecule has 2 fully saturated rings. The van der Waals surface area contributed by atoms with Crippen molar-refractivity contribution in [1.29, 1.82) is 10.5 Å². The molecule has 3 heterocycles. The summed E-state index contributed by atoms with van der Waals surface area (Å²) in [6, 6.07) is 22.1. The van der Waals surface area contributed by atoms with E-state index in [1.54, 1.807) is 0 Å². The first-order valence-corrected chi connectivity index (χ1v) is 13.6. The average molecular weight is 522 g/mol. The molecule has 8 nitrogen and oxygen atoms in total. The molecule has 8 heteroatoms. The molecule has 5 rings (SSSR count). The van der Waals surface area contributed by atoms with Crippen LogP contribution in [0.3, 0.4) is 0 Å². The lowest BCUT2D eigenvalue weighted by atomic mass is 10.1. The van der Waals surface area contributed by atoms with Gasteiger partial charge in [-0.25, -0.2) is 0 Å². The normalized spacial score (nSPS) is 18.1. The van der Waals surface area contributed by atoms with E-state index in [4.69, 9.17) is 0 Å². The highest BCUT2D eigenvalue weighted by Gasteiger charge is 2.31. The van der Waals surface area contributed by atoms with E-state index in [-0.39, 0.29) is 11.9 Å². The number of hydrogen-bond donors (Lipinski definition) is 0. The van der Waals surface area contributed by atoms with Gasteiger partial charge in [0.05, 0.1) is 22.9 Å². The number of nitrogens with zero attached hydrogens (tertiary/aromatic N) is 7. The van der Waals surface area contributed by atoms with Crippen LogP contribution in [0.5, 0.6) is 0 Å². The second-order valence-electron chi connectivity index (χ2n) is 10.5. The van der Waals surface area contributed by atoms with E-state index in [9.17, 15) is 15.3 Å². The van der Waals surface area contributed by atoms with Gasteiger partial charge in [-0.1, -0.05) is 18.2 Å². The Morgan fingerprint density at radius 2 is 1.67 bits per heavy atom. The Morgan fingerprint density at radius 3 is 2.38 bits per heavy atom. The van der Waals surface area contributed by atoms with Crippen LogP contribution in [0, 0.1) is 29.6 Å². The molecule has 2 aliphatic heterocycles. The highest BCUT2D eigenvalue weighted by molar-refractivity contribution is 5.93. The van der Waals surface area contributed by atoms with Crippen LogP contribution in [-0.2, 0) is 13.6 Å². The third-order valence-electron chi connectivity index (χ3n) is 8.22. The third kappa shape index (κ3) is 5.34. The Kier molecular flexibility index (Phi) is 7.58. The Hall–Kier alpha value is -4.27. The number of rotatable bonds is 5. The molecule has 3 aromatic rings. The molecule has 0 N–H and O–H groups in total. The number of piperazine rings is 2. The molecule has 0 radical (unpaired) electrons. The fourth-order valence-corrected chi connectivity index (χ4v) is 5.77. The Bertz CT molecular complexity index is 1440. The second-order valence-corrected chi connectivity index (χ2v) is 10.5. The van der Waals surface area contributed by atoms with Gasteiger partial charge in [0.15, 0.2) is 0 Å². The summed E-state index contributed by atoms with van der Waals surface area (Å²) in [5, 5.41) is 18.7. The number of carbonyl (C=O) groups is 1. The summed E-state index contributed by atoms with van der Waals surface area (Å²) in [5.74, 6) is 0.0719. The van der Waals surface area contributed by atoms with Crippen molar-refractivity contribution in [3.8, 4) is 12.1 Å². The standard InChI is InChI=1S/C31H35N7O/c1-23-21-37(28-9-6-7-25(17-28)19-32)15-16-38(23)31(39)30-18-27(24(2)34(30)3)22-35-11-13-36(14-12-35)29-10-5-4-8-26(29)20-33/h4-10,17-18,23H,11-16,21-22H2,1-3H3/t23-/m0/s1. The predicted molar refractivity (Wildman–Crippen MR) is 153 cm³/mol. The average Bonchev–Trinajstić information content (AvgIpc) is 3.25. The summed E-state index contributed by atoms with van der Waals surface area (Å²) in [7, 11) is 1.98. The van der Waals surface area contributed by atoms with Gasteiger partial charge in [0.1, 0.15) is 11.8 Å². The van der Waals surface area contributed by atoms with Crippen LogP contribution in [0.25, 0.3) is 0 Å². The van der Waals surface area contributed by atoms with Crippen molar-refractivity contribution in [2.45, 2.75) is 26.4 Å². The smallest absolute Gasteiger partial charge is 0.270 e. The van der Waals surface area contributed by atoms with Crippen molar-refractivity contribution in [1.82, 2.24) is 14.4 Å². The van der Waals surface area contributed by atoms with E-state index in [1.165, 1.54) is 5.56 Å². The van der Waals surface area contributed by atoms with Crippen LogP contribution in [0.4, 0.5) is 11.4 Å². The Morgan fingerprint density at radius 1 is 0.923 bits per heavy atom. The maximum atomic E-state index is 13.7. The topological polar surface area (TPSA) is 82.5 Å². The minimum atomic E-state index is 0.0556. The van der Waals surface area contributed by atoms with Crippen LogP contribution in [0.1, 0.15) is 39.8 Å². The molecule has 1 atom stereocenters. The fraction of sp³-hybridized carbons (Fsp3) is 0.387. The molecule has 1 aromatic heterocycles. The molecule has 1 amide bonds. The minimum absolute atomic E-state index is 0.0556. The highest BCUT2D eigenvalue weighted by atomic mass is 16.2. The van der Waals surface area contributed by atoms with Gasteiger partial charge in [0.2, 0.25) is 0 Å². The van der Waals surface area contributed by atoms with Crippen molar-refractivity contribution in [3.63, 3.8) is 0 Å². The quantitative estimate of drug-likeness (QED) is 0.509. The molecule has 0 aliphatic carbocycles. The molecular formula is C31H35N7O. The van der Waals surface area contributed by atoms with Crippen LogP contribution in [0.15, 0.2) is 54.6 Å². The summed E-state index contributed by atoms with van der Waals surface area (Å²) in [6.45, 7) is 10.7. The summed E-state index contributed by atoms with van der Waals surface area (Å²) >= 11 is 0. The van der Waals surface area contributed by atoms with Gasteiger partial charge in [-0.15, -0.1) is 0 Å². The molecule has 39 heavy (non-hydrogen) atoms. The van der Waals surface area contributed by atoms with Gasteiger partial charge in [-0.05, 0) is 55.8 Å². The van der Waals surface area contributed by atoms with Gasteiger partial charge in [-0.2, -0.15) is 10.5 Å². The zero-order valence-electron chi connectivity index (χ0n) is 23.0. The molecule has 0 bridgehead atoms. The van der Waals surface area contributed by atoms with Gasteiger partial charge in [0, 0.05) is 76.8 Å². The van der Waals surface area contributed by atoms with Crippen molar-refractivity contribution < 1.29 is 4.79 Å². The number of carbonyl (C=O) groups excluding carboxylic acids is 1. The van der Waals surface area contributed by atoms with E-state index in [0.717, 1.165) is 74.1 Å². The SMILES string of the molecule is Cc1c(CN2CCN(c3ccccc3C#N)CC2)cc(C(=O)N2CCN(c3cccc(C#N)c3)C[C@@H]2C)n1C. The van der Waals surface area contributed by atoms with E-state index in [1.807, 2.05) is 65.0 Å². The molecule has 2 aromatic carbocycles. The minimum Gasteiger partial charge on any atom is -0.368 e. The maximum Gasteiger partial charge on any atom is 0.270 e. The number of hydrogen-bond acceptors (Lipinski definition) is 6. The van der Waals surface area contributed by atoms with Crippen molar-refractivity contribution >= 4 is 17.3 Å². The van der Waals surface area contributed by atoms with Gasteiger partial charge >= 0.3 is 0 Å². The first-order chi connectivity index (χ1) is 18.9. The van der Waals surface area contributed by atoms with Crippen molar-refractivity contribution in [2.75, 3.05) is 55.6 Å². The lowest BCUT2D eigenvalue weighted by Gasteiger charge is -2.41. The Labute approximate surface area is 230 Å². The van der Waals surface area contributed by atoms with Crippen LogP contribution in [-0.4, -0.2) is 72.1 Å². The van der Waals surface area contributed by atoms with Gasteiger partial charge in [-0.3, -0.25) is 9.69 Å². The number of aromatic nitrogens is 1. The number of amides is 1. The van der Waals surface area contributed by atoms with E-state index in [2.05, 4.69) is 46.8 Å². The third-order valence-corrected chi connectivity index (χ3v) is 8.22. The first-order valence-electron chi connectivity index (χ1n) is 13.6. The number of anilines is 2. The highest BCUT2D eigenvalue weighted by Crippen LogP contribution is 2.25. The largest absolute Gasteiger partial charge is 0.368 e. The van der Waals surface area contributed by atoms with Gasteiger partial charge < -0.3 is 19.3 Å². The molecular weight excluding hydrogens is 486 g/mol. The predicted octanol–water partition coefficient (Wildman–Crippen LogP) is 3.75.